The Kier molecular flexibility index (Phi) is 3.94. The fraction of sp³-hybridized carbons (Fsp3) is 0.167. The number of methoxy groups -OCH3 is 2. The van der Waals surface area contributed by atoms with Gasteiger partial charge in [0.15, 0.2) is 0 Å². The molecule has 4 heteroatoms. The molecular weight excluding hydrogens is 204 g/mol. The van der Waals surface area contributed by atoms with Crippen molar-refractivity contribution in [3.8, 4) is 11.8 Å². The monoisotopic (exact) mass is 214 g/mol. The van der Waals surface area contributed by atoms with Gasteiger partial charge in [-0.15, -0.1) is 0 Å². The molecule has 0 aliphatic carbocycles. The van der Waals surface area contributed by atoms with Crippen LogP contribution in [0.15, 0.2) is 30.0 Å². The number of nitriles is 1. The molecule has 0 bridgehead atoms. The molecule has 0 spiro atoms. The van der Waals surface area contributed by atoms with Crippen molar-refractivity contribution < 1.29 is 9.47 Å². The molecule has 1 aromatic carbocycles. The normalized spacial score (nSPS) is 10.8. The van der Waals surface area contributed by atoms with Crippen LogP contribution < -0.4 is 4.74 Å². The summed E-state index contributed by atoms with van der Waals surface area (Å²) in [7, 11) is 3.00. The summed E-state index contributed by atoms with van der Waals surface area (Å²) >= 11 is 0. The minimum absolute atomic E-state index is 0.0623. The van der Waals surface area contributed by atoms with E-state index in [2.05, 4.69) is 4.85 Å². The Balaban J connectivity index is 3.21. The van der Waals surface area contributed by atoms with E-state index in [-0.39, 0.29) is 11.5 Å². The molecule has 4 nitrogen and oxygen atoms in total. The second kappa shape index (κ2) is 5.43. The van der Waals surface area contributed by atoms with Crippen LogP contribution in [0.25, 0.3) is 10.6 Å². The number of rotatable bonds is 3. The largest absolute Gasteiger partial charge is 0.506 e. The van der Waals surface area contributed by atoms with Gasteiger partial charge in [-0.2, -0.15) is 0 Å². The number of hydrogen-bond donors (Lipinski definition) is 0. The summed E-state index contributed by atoms with van der Waals surface area (Å²) in [6.07, 6.45) is 0. The van der Waals surface area contributed by atoms with E-state index in [1.165, 1.54) is 7.11 Å². The molecule has 0 aliphatic heterocycles. The Morgan fingerprint density at radius 3 is 2.31 bits per heavy atom. The maximum Gasteiger partial charge on any atom is 0.303 e. The van der Waals surface area contributed by atoms with E-state index >= 15 is 0 Å². The van der Waals surface area contributed by atoms with E-state index < -0.39 is 0 Å². The van der Waals surface area contributed by atoms with Crippen molar-refractivity contribution in [1.82, 2.24) is 0 Å². The summed E-state index contributed by atoms with van der Waals surface area (Å²) in [5.41, 5.74) is 0.614. The standard InChI is InChI=1S/C12H10N2O2/c1-14-11(8-13)12(16-3)9-4-6-10(15-2)7-5-9/h4-7H,2-3H3/b12-11+. The van der Waals surface area contributed by atoms with Crippen LogP contribution in [0.5, 0.6) is 5.75 Å². The summed E-state index contributed by atoms with van der Waals surface area (Å²) in [6, 6.07) is 8.76. The van der Waals surface area contributed by atoms with E-state index in [9.17, 15) is 0 Å². The highest BCUT2D eigenvalue weighted by Gasteiger charge is 2.09. The number of benzene rings is 1. The highest BCUT2D eigenvalue weighted by atomic mass is 16.5. The van der Waals surface area contributed by atoms with Gasteiger partial charge in [-0.1, -0.05) is 0 Å². The van der Waals surface area contributed by atoms with Crippen molar-refractivity contribution in [2.75, 3.05) is 14.2 Å². The molecule has 16 heavy (non-hydrogen) atoms. The van der Waals surface area contributed by atoms with Crippen LogP contribution >= 0.6 is 0 Å². The Labute approximate surface area is 94.2 Å². The summed E-state index contributed by atoms with van der Waals surface area (Å²) in [5, 5.41) is 8.76. The Morgan fingerprint density at radius 1 is 1.31 bits per heavy atom. The molecule has 1 rings (SSSR count). The third-order valence-electron chi connectivity index (χ3n) is 1.99. The molecule has 0 saturated carbocycles. The van der Waals surface area contributed by atoms with Crippen molar-refractivity contribution in [3.05, 3.63) is 46.9 Å². The average molecular weight is 214 g/mol. The quantitative estimate of drug-likeness (QED) is 0.441. The van der Waals surface area contributed by atoms with Crippen molar-refractivity contribution >= 4 is 5.76 Å². The highest BCUT2D eigenvalue weighted by molar-refractivity contribution is 5.68. The minimum atomic E-state index is -0.0623. The fourth-order valence-electron chi connectivity index (χ4n) is 1.22. The first-order chi connectivity index (χ1) is 7.76. The van der Waals surface area contributed by atoms with Crippen LogP contribution in [0.1, 0.15) is 5.56 Å². The van der Waals surface area contributed by atoms with Gasteiger partial charge in [0.25, 0.3) is 0 Å². The lowest BCUT2D eigenvalue weighted by molar-refractivity contribution is 0.368. The van der Waals surface area contributed by atoms with Crippen molar-refractivity contribution in [2.24, 2.45) is 0 Å². The lowest BCUT2D eigenvalue weighted by Crippen LogP contribution is -1.91. The molecule has 0 N–H and O–H groups in total. The molecule has 0 aromatic heterocycles. The topological polar surface area (TPSA) is 46.6 Å². The summed E-state index contributed by atoms with van der Waals surface area (Å²) in [4.78, 5) is 3.11. The number of nitrogens with zero attached hydrogens (tertiary/aromatic N) is 2. The van der Waals surface area contributed by atoms with Crippen LogP contribution in [0.3, 0.4) is 0 Å². The maximum absolute atomic E-state index is 8.76. The van der Waals surface area contributed by atoms with Crippen molar-refractivity contribution in [2.45, 2.75) is 0 Å². The van der Waals surface area contributed by atoms with Gasteiger partial charge in [0.2, 0.25) is 0 Å². The predicted octanol–water partition coefficient (Wildman–Crippen LogP) is 2.45. The average Bonchev–Trinajstić information content (AvgIpc) is 2.36. The molecule has 0 radical (unpaired) electrons. The molecule has 0 unspecified atom stereocenters. The summed E-state index contributed by atoms with van der Waals surface area (Å²) in [5.74, 6) is 0.987. The van der Waals surface area contributed by atoms with Crippen LogP contribution in [0.2, 0.25) is 0 Å². The first-order valence-electron chi connectivity index (χ1n) is 4.47. The van der Waals surface area contributed by atoms with Gasteiger partial charge < -0.3 is 9.47 Å². The van der Waals surface area contributed by atoms with E-state index in [4.69, 9.17) is 21.3 Å². The van der Waals surface area contributed by atoms with Crippen LogP contribution in [-0.4, -0.2) is 14.2 Å². The van der Waals surface area contributed by atoms with Gasteiger partial charge in [0.05, 0.1) is 26.9 Å². The lowest BCUT2D eigenvalue weighted by Gasteiger charge is -2.07. The zero-order valence-electron chi connectivity index (χ0n) is 9.02. The molecule has 80 valence electrons. The second-order valence-electron chi connectivity index (χ2n) is 2.83. The van der Waals surface area contributed by atoms with Gasteiger partial charge in [0, 0.05) is 5.56 Å². The minimum Gasteiger partial charge on any atom is -0.506 e. The Morgan fingerprint density at radius 2 is 1.94 bits per heavy atom. The lowest BCUT2D eigenvalue weighted by atomic mass is 10.1. The maximum atomic E-state index is 8.76. The first kappa shape index (κ1) is 11.6. The number of ether oxygens (including phenoxy) is 2. The van der Waals surface area contributed by atoms with Gasteiger partial charge >= 0.3 is 5.70 Å². The molecule has 0 aliphatic rings. The molecular formula is C12H10N2O2. The summed E-state index contributed by atoms with van der Waals surface area (Å²) < 4.78 is 10.1. The van der Waals surface area contributed by atoms with E-state index in [1.54, 1.807) is 37.4 Å². The Hall–Kier alpha value is -2.46. The van der Waals surface area contributed by atoms with E-state index in [0.717, 1.165) is 0 Å². The molecule has 0 saturated heterocycles. The molecule has 0 heterocycles. The van der Waals surface area contributed by atoms with Gasteiger partial charge in [-0.05, 0) is 24.3 Å². The number of hydrogen-bond acceptors (Lipinski definition) is 3. The zero-order valence-corrected chi connectivity index (χ0v) is 9.02. The van der Waals surface area contributed by atoms with E-state index in [1.807, 2.05) is 0 Å². The highest BCUT2D eigenvalue weighted by Crippen LogP contribution is 2.22. The second-order valence-corrected chi connectivity index (χ2v) is 2.83. The molecule has 0 fully saturated rings. The molecule has 1 aromatic rings. The van der Waals surface area contributed by atoms with Crippen molar-refractivity contribution in [3.63, 3.8) is 0 Å². The van der Waals surface area contributed by atoms with Crippen LogP contribution in [0, 0.1) is 17.9 Å². The SMILES string of the molecule is [C-]#[N+]/C(C#N)=C(/OC)c1ccc(OC)cc1. The van der Waals surface area contributed by atoms with Gasteiger partial charge in [-0.25, -0.2) is 10.1 Å². The zero-order chi connectivity index (χ0) is 12.0. The molecule has 0 amide bonds. The predicted molar refractivity (Wildman–Crippen MR) is 59.1 cm³/mol. The van der Waals surface area contributed by atoms with Gasteiger partial charge in [0.1, 0.15) is 11.5 Å². The third-order valence-corrected chi connectivity index (χ3v) is 1.99. The fourth-order valence-corrected chi connectivity index (χ4v) is 1.22. The number of allylic oxidation sites excluding steroid dienone is 1. The third kappa shape index (κ3) is 2.31. The Bertz CT molecular complexity index is 459. The smallest absolute Gasteiger partial charge is 0.303 e. The first-order valence-corrected chi connectivity index (χ1v) is 4.47. The van der Waals surface area contributed by atoms with Crippen LogP contribution in [-0.2, 0) is 4.74 Å². The van der Waals surface area contributed by atoms with E-state index in [0.29, 0.717) is 11.3 Å². The van der Waals surface area contributed by atoms with Crippen molar-refractivity contribution in [1.29, 1.82) is 5.26 Å². The summed E-state index contributed by atoms with van der Waals surface area (Å²) in [6.45, 7) is 6.86. The van der Waals surface area contributed by atoms with Crippen LogP contribution in [0.4, 0.5) is 0 Å². The molecule has 0 atom stereocenters. The van der Waals surface area contributed by atoms with Gasteiger partial charge in [-0.3, -0.25) is 0 Å².